The third-order valence-electron chi connectivity index (χ3n) is 7.39. The second-order valence-corrected chi connectivity index (χ2v) is 10.5. The van der Waals surface area contributed by atoms with Crippen molar-refractivity contribution in [3.63, 3.8) is 0 Å². The topological polar surface area (TPSA) is 122 Å². The molecule has 1 aliphatic rings. The van der Waals surface area contributed by atoms with Gasteiger partial charge >= 0.3 is 0 Å². The van der Waals surface area contributed by atoms with Crippen molar-refractivity contribution in [3.05, 3.63) is 41.5 Å². The van der Waals surface area contributed by atoms with Crippen molar-refractivity contribution in [1.29, 1.82) is 0 Å². The van der Waals surface area contributed by atoms with E-state index in [2.05, 4.69) is 20.9 Å². The molecule has 0 radical (unpaired) electrons. The highest BCUT2D eigenvalue weighted by atomic mass is 16.5. The summed E-state index contributed by atoms with van der Waals surface area (Å²) in [6.45, 7) is 8.72. The third kappa shape index (κ3) is 3.75. The molecule has 6 heterocycles. The second kappa shape index (κ2) is 8.49. The number of ether oxygens (including phenoxy) is 1. The number of aromatic nitrogens is 8. The van der Waals surface area contributed by atoms with Crippen LogP contribution in [0.25, 0.3) is 33.3 Å². The predicted molar refractivity (Wildman–Crippen MR) is 137 cm³/mol. The summed E-state index contributed by atoms with van der Waals surface area (Å²) >= 11 is 0. The average molecular weight is 505 g/mol. The molecule has 6 rings (SSSR count). The van der Waals surface area contributed by atoms with Crippen LogP contribution in [0.2, 0.25) is 0 Å². The molecule has 11 nitrogen and oxygen atoms in total. The van der Waals surface area contributed by atoms with E-state index in [0.717, 1.165) is 57.6 Å². The minimum absolute atomic E-state index is 0.158. The van der Waals surface area contributed by atoms with Gasteiger partial charge in [-0.05, 0) is 45.6 Å². The highest BCUT2D eigenvalue weighted by Gasteiger charge is 2.36. The Labute approximate surface area is 214 Å². The molecule has 1 aliphatic heterocycles. The molecule has 0 amide bonds. The Morgan fingerprint density at radius 3 is 2.49 bits per heavy atom. The summed E-state index contributed by atoms with van der Waals surface area (Å²) in [6.07, 6.45) is 5.37. The molecule has 1 atom stereocenters. The zero-order valence-corrected chi connectivity index (χ0v) is 22.1. The van der Waals surface area contributed by atoms with Crippen molar-refractivity contribution in [2.45, 2.75) is 52.2 Å². The van der Waals surface area contributed by atoms with Crippen LogP contribution < -0.4 is 0 Å². The smallest absolute Gasteiger partial charge is 0.191 e. The summed E-state index contributed by atoms with van der Waals surface area (Å²) in [5, 5.41) is 24.4. The number of oxazole rings is 1. The molecule has 5 aromatic heterocycles. The van der Waals surface area contributed by atoms with E-state index in [-0.39, 0.29) is 12.0 Å². The molecule has 0 saturated carbocycles. The lowest BCUT2D eigenvalue weighted by Crippen LogP contribution is -2.28. The standard InChI is InChI=1S/C26H32N8O3/c1-14-21(33(6)31-29-14)17-11-19-20(27-12-17)23-24(25(26(3,4)35)30-32(23)5)34(19)22(16-7-9-36-10-8-16)18-13-37-15(2)28-18/h11-13,16,22,35H,7-10H2,1-6H3. The molecular formula is C26H32N8O3. The van der Waals surface area contributed by atoms with E-state index in [1.54, 1.807) is 24.8 Å². The van der Waals surface area contributed by atoms with Gasteiger partial charge in [-0.25, -0.2) is 9.67 Å². The zero-order valence-electron chi connectivity index (χ0n) is 22.1. The summed E-state index contributed by atoms with van der Waals surface area (Å²) < 4.78 is 17.3. The first-order valence-corrected chi connectivity index (χ1v) is 12.6. The Bertz CT molecular complexity index is 1590. The molecule has 1 fully saturated rings. The molecule has 1 saturated heterocycles. The lowest BCUT2D eigenvalue weighted by atomic mass is 9.89. The quantitative estimate of drug-likeness (QED) is 0.386. The summed E-state index contributed by atoms with van der Waals surface area (Å²) in [6, 6.07) is 1.98. The van der Waals surface area contributed by atoms with Crippen LogP contribution in [0.4, 0.5) is 0 Å². The van der Waals surface area contributed by atoms with Crippen molar-refractivity contribution in [2.24, 2.45) is 20.0 Å². The Balaban J connectivity index is 1.73. The molecule has 0 spiro atoms. The van der Waals surface area contributed by atoms with Gasteiger partial charge in [0.2, 0.25) is 0 Å². The lowest BCUT2D eigenvalue weighted by Gasteiger charge is -2.31. The van der Waals surface area contributed by atoms with Gasteiger partial charge in [-0.1, -0.05) is 5.21 Å². The largest absolute Gasteiger partial charge is 0.449 e. The average Bonchev–Trinajstić information content (AvgIpc) is 3.60. The van der Waals surface area contributed by atoms with E-state index in [1.807, 2.05) is 38.8 Å². The fourth-order valence-corrected chi connectivity index (χ4v) is 5.76. The number of nitrogens with zero attached hydrogens (tertiary/aromatic N) is 8. The molecule has 0 bridgehead atoms. The first kappa shape index (κ1) is 23.8. The molecule has 1 unspecified atom stereocenters. The van der Waals surface area contributed by atoms with Gasteiger partial charge in [0.25, 0.3) is 0 Å². The van der Waals surface area contributed by atoms with Crippen LogP contribution in [0.3, 0.4) is 0 Å². The van der Waals surface area contributed by atoms with Gasteiger partial charge in [-0.3, -0.25) is 9.67 Å². The first-order valence-electron chi connectivity index (χ1n) is 12.6. The van der Waals surface area contributed by atoms with Gasteiger partial charge in [0.1, 0.15) is 34.3 Å². The highest BCUT2D eigenvalue weighted by Crippen LogP contribution is 2.43. The number of hydrogen-bond acceptors (Lipinski definition) is 8. The number of hydrogen-bond donors (Lipinski definition) is 1. The van der Waals surface area contributed by atoms with Crippen molar-refractivity contribution < 1.29 is 14.3 Å². The minimum Gasteiger partial charge on any atom is -0.449 e. The third-order valence-corrected chi connectivity index (χ3v) is 7.39. The number of rotatable bonds is 5. The fraction of sp³-hybridized carbons (Fsp3) is 0.500. The number of pyridine rings is 1. The van der Waals surface area contributed by atoms with Crippen molar-refractivity contribution >= 4 is 22.1 Å². The molecule has 11 heteroatoms. The molecule has 37 heavy (non-hydrogen) atoms. The van der Waals surface area contributed by atoms with Gasteiger partial charge in [-0.15, -0.1) is 5.10 Å². The molecule has 0 aliphatic carbocycles. The van der Waals surface area contributed by atoms with E-state index >= 15 is 0 Å². The summed E-state index contributed by atoms with van der Waals surface area (Å²) in [5.74, 6) is 0.861. The monoisotopic (exact) mass is 504 g/mol. The fourth-order valence-electron chi connectivity index (χ4n) is 5.76. The Morgan fingerprint density at radius 1 is 1.11 bits per heavy atom. The number of aryl methyl sites for hydroxylation is 4. The van der Waals surface area contributed by atoms with Crippen LogP contribution in [-0.4, -0.2) is 57.6 Å². The van der Waals surface area contributed by atoms with E-state index in [4.69, 9.17) is 24.2 Å². The Hall–Kier alpha value is -3.57. The summed E-state index contributed by atoms with van der Waals surface area (Å²) in [5.41, 5.74) is 6.40. The van der Waals surface area contributed by atoms with Gasteiger partial charge in [0.15, 0.2) is 5.89 Å². The van der Waals surface area contributed by atoms with Crippen LogP contribution in [0.1, 0.15) is 55.7 Å². The van der Waals surface area contributed by atoms with Gasteiger partial charge in [-0.2, -0.15) is 5.10 Å². The predicted octanol–water partition coefficient (Wildman–Crippen LogP) is 3.57. The van der Waals surface area contributed by atoms with Gasteiger partial charge in [0.05, 0.1) is 28.5 Å². The maximum Gasteiger partial charge on any atom is 0.191 e. The van der Waals surface area contributed by atoms with E-state index in [0.29, 0.717) is 24.8 Å². The van der Waals surface area contributed by atoms with Crippen LogP contribution >= 0.6 is 0 Å². The number of fused-ring (bicyclic) bond motifs is 3. The van der Waals surface area contributed by atoms with Crippen molar-refractivity contribution in [2.75, 3.05) is 13.2 Å². The molecule has 5 aromatic rings. The van der Waals surface area contributed by atoms with Crippen molar-refractivity contribution in [1.82, 2.24) is 39.3 Å². The molecule has 1 N–H and O–H groups in total. The maximum atomic E-state index is 11.2. The van der Waals surface area contributed by atoms with Crippen LogP contribution in [0.15, 0.2) is 22.9 Å². The molecule has 194 valence electrons. The van der Waals surface area contributed by atoms with Crippen molar-refractivity contribution in [3.8, 4) is 11.3 Å². The summed E-state index contributed by atoms with van der Waals surface area (Å²) in [7, 11) is 3.78. The number of aliphatic hydroxyl groups is 1. The maximum absolute atomic E-state index is 11.2. The van der Waals surface area contributed by atoms with Crippen LogP contribution in [-0.2, 0) is 24.4 Å². The van der Waals surface area contributed by atoms with E-state index < -0.39 is 5.60 Å². The van der Waals surface area contributed by atoms with E-state index in [9.17, 15) is 5.11 Å². The SMILES string of the molecule is Cc1nc(C(C2CCOCC2)n2c3cc(-c4c(C)nnn4C)cnc3c3c2c(C(C)(C)O)nn3C)co1. The summed E-state index contributed by atoms with van der Waals surface area (Å²) in [4.78, 5) is 9.74. The van der Waals surface area contributed by atoms with Crippen LogP contribution in [0, 0.1) is 19.8 Å². The molecule has 0 aromatic carbocycles. The van der Waals surface area contributed by atoms with Crippen LogP contribution in [0.5, 0.6) is 0 Å². The Morgan fingerprint density at radius 2 is 1.86 bits per heavy atom. The Kier molecular flexibility index (Phi) is 5.46. The van der Waals surface area contributed by atoms with Gasteiger partial charge < -0.3 is 18.8 Å². The highest BCUT2D eigenvalue weighted by molar-refractivity contribution is 6.06. The lowest BCUT2D eigenvalue weighted by molar-refractivity contribution is 0.0542. The first-order chi connectivity index (χ1) is 17.6. The zero-order chi connectivity index (χ0) is 26.1. The second-order valence-electron chi connectivity index (χ2n) is 10.5. The van der Waals surface area contributed by atoms with E-state index in [1.165, 1.54) is 0 Å². The minimum atomic E-state index is -1.17. The molecular weight excluding hydrogens is 472 g/mol. The normalized spacial score (nSPS) is 16.3. The van der Waals surface area contributed by atoms with Gasteiger partial charge in [0, 0.05) is 46.0 Å².